The van der Waals surface area contributed by atoms with E-state index in [0.29, 0.717) is 0 Å². The van der Waals surface area contributed by atoms with E-state index in [0.717, 1.165) is 31.5 Å². The molecule has 4 heteroatoms. The largest absolute Gasteiger partial charge is 0.255 e. The molecule has 2 aromatic heterocycles. The maximum atomic E-state index is 4.30. The molecule has 0 amide bonds. The molecule has 128 valence electrons. The highest BCUT2D eigenvalue weighted by molar-refractivity contribution is 9.10. The predicted molar refractivity (Wildman–Crippen MR) is 115 cm³/mol. The van der Waals surface area contributed by atoms with Gasteiger partial charge >= 0.3 is 0 Å². The highest BCUT2D eigenvalue weighted by Gasteiger charge is 1.97. The van der Waals surface area contributed by atoms with Crippen LogP contribution in [0.5, 0.6) is 0 Å². The molecule has 0 aliphatic carbocycles. The number of rotatable bonds is 2. The monoisotopic (exact) mass is 466 g/mol. The van der Waals surface area contributed by atoms with Gasteiger partial charge in [-0.05, 0) is 56.1 Å². The van der Waals surface area contributed by atoms with Crippen molar-refractivity contribution >= 4 is 31.9 Å². The van der Waals surface area contributed by atoms with Gasteiger partial charge in [0.2, 0.25) is 0 Å². The Kier molecular flexibility index (Phi) is 6.69. The molecule has 0 N–H and O–H groups in total. The van der Waals surface area contributed by atoms with Gasteiger partial charge in [0.15, 0.2) is 0 Å². The predicted octanol–water partition coefficient (Wildman–Crippen LogP) is 7.02. The second-order valence-corrected chi connectivity index (χ2v) is 7.29. The molecule has 0 saturated heterocycles. The van der Waals surface area contributed by atoms with Crippen LogP contribution in [0.2, 0.25) is 0 Å². The summed E-state index contributed by atoms with van der Waals surface area (Å²) in [5, 5.41) is 0. The molecule has 0 radical (unpaired) electrons. The van der Waals surface area contributed by atoms with E-state index >= 15 is 0 Å². The first-order valence-electron chi connectivity index (χ1n) is 8.06. The number of benzene rings is 2. The third-order valence-electron chi connectivity index (χ3n) is 3.59. The Labute approximate surface area is 170 Å². The Bertz CT molecular complexity index is 842. The molecule has 4 rings (SSSR count). The summed E-state index contributed by atoms with van der Waals surface area (Å²) >= 11 is 6.71. The lowest BCUT2D eigenvalue weighted by Gasteiger charge is -1.99. The van der Waals surface area contributed by atoms with E-state index in [9.17, 15) is 0 Å². The van der Waals surface area contributed by atoms with E-state index in [1.165, 1.54) is 0 Å². The van der Waals surface area contributed by atoms with Gasteiger partial charge in [-0.3, -0.25) is 9.97 Å². The molecule has 2 aromatic carbocycles. The fraction of sp³-hybridized carbons (Fsp3) is 0. The summed E-state index contributed by atoms with van der Waals surface area (Å²) in [5.74, 6) is 0. The Morgan fingerprint density at radius 2 is 0.846 bits per heavy atom. The number of halogens is 2. The zero-order valence-electron chi connectivity index (χ0n) is 13.9. The van der Waals surface area contributed by atoms with E-state index in [2.05, 4.69) is 66.1 Å². The molecule has 0 aliphatic heterocycles. The number of pyridine rings is 2. The summed E-state index contributed by atoms with van der Waals surface area (Å²) in [4.78, 5) is 8.60. The zero-order chi connectivity index (χ0) is 18.2. The van der Waals surface area contributed by atoms with Gasteiger partial charge in [-0.2, -0.15) is 0 Å². The first kappa shape index (κ1) is 18.5. The first-order valence-corrected chi connectivity index (χ1v) is 9.65. The average molecular weight is 468 g/mol. The molecule has 26 heavy (non-hydrogen) atoms. The zero-order valence-corrected chi connectivity index (χ0v) is 17.1. The molecule has 0 unspecified atom stereocenters. The van der Waals surface area contributed by atoms with Crippen molar-refractivity contribution in [1.82, 2.24) is 9.97 Å². The molecular weight excluding hydrogens is 452 g/mol. The van der Waals surface area contributed by atoms with E-state index in [4.69, 9.17) is 0 Å². The quantitative estimate of drug-likeness (QED) is 0.316. The van der Waals surface area contributed by atoms with Crippen LogP contribution in [0.3, 0.4) is 0 Å². The van der Waals surface area contributed by atoms with E-state index in [1.807, 2.05) is 73.1 Å². The van der Waals surface area contributed by atoms with Gasteiger partial charge in [-0.1, -0.05) is 60.7 Å². The SMILES string of the molecule is Brc1ccc(-c2ccccc2)nc1.Brc1ccc(-c2ccccc2)nc1. The Morgan fingerprint density at radius 3 is 1.15 bits per heavy atom. The van der Waals surface area contributed by atoms with Crippen molar-refractivity contribution in [1.29, 1.82) is 0 Å². The maximum Gasteiger partial charge on any atom is 0.0702 e. The van der Waals surface area contributed by atoms with E-state index in [-0.39, 0.29) is 0 Å². The van der Waals surface area contributed by atoms with Crippen LogP contribution in [0, 0.1) is 0 Å². The fourth-order valence-corrected chi connectivity index (χ4v) is 2.78. The first-order chi connectivity index (χ1) is 12.7. The molecule has 2 nitrogen and oxygen atoms in total. The highest BCUT2D eigenvalue weighted by Crippen LogP contribution is 2.18. The fourth-order valence-electron chi connectivity index (χ4n) is 2.31. The van der Waals surface area contributed by atoms with Gasteiger partial charge < -0.3 is 0 Å². The Balaban J connectivity index is 0.000000151. The van der Waals surface area contributed by atoms with Crippen LogP contribution in [0.1, 0.15) is 0 Å². The van der Waals surface area contributed by atoms with Crippen molar-refractivity contribution in [3.05, 3.63) is 106 Å². The normalized spacial score (nSPS) is 9.92. The third-order valence-corrected chi connectivity index (χ3v) is 4.53. The smallest absolute Gasteiger partial charge is 0.0702 e. The van der Waals surface area contributed by atoms with Gasteiger partial charge in [0.05, 0.1) is 11.4 Å². The van der Waals surface area contributed by atoms with Gasteiger partial charge in [-0.25, -0.2) is 0 Å². The van der Waals surface area contributed by atoms with Crippen LogP contribution in [0.25, 0.3) is 22.5 Å². The van der Waals surface area contributed by atoms with Crippen LogP contribution in [-0.2, 0) is 0 Å². The van der Waals surface area contributed by atoms with E-state index in [1.54, 1.807) is 0 Å². The van der Waals surface area contributed by atoms with Crippen molar-refractivity contribution in [2.45, 2.75) is 0 Å². The lowest BCUT2D eigenvalue weighted by Crippen LogP contribution is -1.81. The summed E-state index contributed by atoms with van der Waals surface area (Å²) in [6, 6.07) is 28.3. The van der Waals surface area contributed by atoms with Crippen molar-refractivity contribution in [2.24, 2.45) is 0 Å². The molecule has 0 saturated carbocycles. The summed E-state index contributed by atoms with van der Waals surface area (Å²) in [6.45, 7) is 0. The van der Waals surface area contributed by atoms with Crippen molar-refractivity contribution < 1.29 is 0 Å². The minimum atomic E-state index is 1.00. The Morgan fingerprint density at radius 1 is 0.462 bits per heavy atom. The third kappa shape index (κ3) is 5.35. The van der Waals surface area contributed by atoms with Gasteiger partial charge in [0.25, 0.3) is 0 Å². The minimum Gasteiger partial charge on any atom is -0.255 e. The molecule has 2 heterocycles. The lowest BCUT2D eigenvalue weighted by molar-refractivity contribution is 1.31. The topological polar surface area (TPSA) is 25.8 Å². The molecule has 0 spiro atoms. The summed E-state index contributed by atoms with van der Waals surface area (Å²) in [6.07, 6.45) is 3.62. The number of hydrogen-bond donors (Lipinski definition) is 0. The minimum absolute atomic E-state index is 1.00. The molecule has 4 aromatic rings. The average Bonchev–Trinajstić information content (AvgIpc) is 2.71. The second-order valence-electron chi connectivity index (χ2n) is 5.46. The van der Waals surface area contributed by atoms with Gasteiger partial charge in [-0.15, -0.1) is 0 Å². The number of nitrogens with zero attached hydrogens (tertiary/aromatic N) is 2. The number of aromatic nitrogens is 2. The van der Waals surface area contributed by atoms with Gasteiger partial charge in [0.1, 0.15) is 0 Å². The van der Waals surface area contributed by atoms with Crippen molar-refractivity contribution in [3.8, 4) is 22.5 Å². The molecule has 0 bridgehead atoms. The van der Waals surface area contributed by atoms with Crippen LogP contribution < -0.4 is 0 Å². The molecule has 0 atom stereocenters. The number of hydrogen-bond acceptors (Lipinski definition) is 2. The Hall–Kier alpha value is -2.30. The van der Waals surface area contributed by atoms with Crippen LogP contribution in [0.4, 0.5) is 0 Å². The summed E-state index contributed by atoms with van der Waals surface area (Å²) in [7, 11) is 0. The summed E-state index contributed by atoms with van der Waals surface area (Å²) < 4.78 is 2.01. The lowest BCUT2D eigenvalue weighted by atomic mass is 10.1. The standard InChI is InChI=1S/2C11H8BrN/c2*12-10-6-7-11(13-8-10)9-4-2-1-3-5-9/h2*1-8H. The van der Waals surface area contributed by atoms with Gasteiger partial charge in [0, 0.05) is 32.5 Å². The van der Waals surface area contributed by atoms with Crippen molar-refractivity contribution in [3.63, 3.8) is 0 Å². The van der Waals surface area contributed by atoms with Crippen LogP contribution >= 0.6 is 31.9 Å². The van der Waals surface area contributed by atoms with Crippen LogP contribution in [0.15, 0.2) is 106 Å². The second kappa shape index (κ2) is 9.41. The highest BCUT2D eigenvalue weighted by atomic mass is 79.9. The molecule has 0 fully saturated rings. The van der Waals surface area contributed by atoms with E-state index < -0.39 is 0 Å². The molecule has 0 aliphatic rings. The molecular formula is C22H16Br2N2. The van der Waals surface area contributed by atoms with Crippen molar-refractivity contribution in [2.75, 3.05) is 0 Å². The van der Waals surface area contributed by atoms with Crippen LogP contribution in [-0.4, -0.2) is 9.97 Å². The maximum absolute atomic E-state index is 4.30. The summed E-state index contributed by atoms with van der Waals surface area (Å²) in [5.41, 5.74) is 4.30.